The van der Waals surface area contributed by atoms with Crippen LogP contribution in [0.2, 0.25) is 6.32 Å². The van der Waals surface area contributed by atoms with E-state index in [-0.39, 0.29) is 24.1 Å². The average Bonchev–Trinajstić information content (AvgIpc) is 2.76. The molecule has 0 atom stereocenters. The number of benzene rings is 1. The highest BCUT2D eigenvalue weighted by molar-refractivity contribution is 9.09. The van der Waals surface area contributed by atoms with Crippen LogP contribution in [0, 0.1) is 5.82 Å². The molecule has 3 nitrogen and oxygen atoms in total. The molecule has 1 fully saturated rings. The van der Waals surface area contributed by atoms with Gasteiger partial charge in [0.15, 0.2) is 0 Å². The molecule has 0 amide bonds. The van der Waals surface area contributed by atoms with Gasteiger partial charge in [-0.1, -0.05) is 34.2 Å². The number of rotatable bonds is 7. The van der Waals surface area contributed by atoms with Crippen LogP contribution < -0.4 is 4.74 Å². The molecule has 0 unspecified atom stereocenters. The Morgan fingerprint density at radius 2 is 1.77 bits per heavy atom. The molecule has 0 bridgehead atoms. The van der Waals surface area contributed by atoms with Crippen LogP contribution in [0.4, 0.5) is 4.39 Å². The number of hydrogen-bond donors (Lipinski definition) is 0. The van der Waals surface area contributed by atoms with E-state index in [1.54, 1.807) is 24.3 Å². The smallest absolute Gasteiger partial charge is 0.457 e. The molecule has 1 aliphatic heterocycles. The summed E-state index contributed by atoms with van der Waals surface area (Å²) < 4.78 is 31.0. The van der Waals surface area contributed by atoms with Crippen molar-refractivity contribution in [1.29, 1.82) is 0 Å². The quantitative estimate of drug-likeness (QED) is 0.244. The van der Waals surface area contributed by atoms with Gasteiger partial charge in [-0.3, -0.25) is 0 Å². The Bertz CT molecular complexity index is 680. The molecule has 0 saturated carbocycles. The summed E-state index contributed by atoms with van der Waals surface area (Å²) in [6.07, 6.45) is 5.94. The van der Waals surface area contributed by atoms with Crippen LogP contribution in [0.3, 0.4) is 0 Å². The highest BCUT2D eigenvalue weighted by Gasteiger charge is 2.50. The highest BCUT2D eigenvalue weighted by Crippen LogP contribution is 2.38. The Balaban J connectivity index is 2.12. The van der Waals surface area contributed by atoms with Gasteiger partial charge < -0.3 is 14.0 Å². The molecule has 26 heavy (non-hydrogen) atoms. The third kappa shape index (κ3) is 5.32. The van der Waals surface area contributed by atoms with Crippen molar-refractivity contribution in [3.8, 4) is 5.75 Å². The fourth-order valence-electron chi connectivity index (χ4n) is 2.48. The molecule has 0 aromatic heterocycles. The average molecular weight is 423 g/mol. The Morgan fingerprint density at radius 3 is 2.27 bits per heavy atom. The predicted molar refractivity (Wildman–Crippen MR) is 108 cm³/mol. The van der Waals surface area contributed by atoms with Gasteiger partial charge in [0.1, 0.15) is 17.3 Å². The minimum atomic E-state index is -0.362. The number of hydrogen-bond acceptors (Lipinski definition) is 3. The van der Waals surface area contributed by atoms with E-state index in [0.29, 0.717) is 23.2 Å². The maximum atomic E-state index is 13.1. The Labute approximate surface area is 164 Å². The van der Waals surface area contributed by atoms with Gasteiger partial charge in [-0.25, -0.2) is 4.39 Å². The third-order valence-electron chi connectivity index (χ3n) is 4.58. The fraction of sp³-hybridized carbons (Fsp3) is 0.400. The molecule has 2 rings (SSSR count). The summed E-state index contributed by atoms with van der Waals surface area (Å²) in [6, 6.07) is 5.89. The molecule has 6 heteroatoms. The van der Waals surface area contributed by atoms with E-state index in [0.717, 1.165) is 5.57 Å². The molecular weight excluding hydrogens is 398 g/mol. The van der Waals surface area contributed by atoms with Gasteiger partial charge in [0, 0.05) is 11.7 Å². The first kappa shape index (κ1) is 20.9. The molecule has 0 spiro atoms. The molecule has 0 aliphatic carbocycles. The lowest BCUT2D eigenvalue weighted by Crippen LogP contribution is -2.41. The summed E-state index contributed by atoms with van der Waals surface area (Å²) in [5.41, 5.74) is 0.331. The zero-order valence-electron chi connectivity index (χ0n) is 15.7. The van der Waals surface area contributed by atoms with E-state index >= 15 is 0 Å². The van der Waals surface area contributed by atoms with Crippen molar-refractivity contribution < 1.29 is 18.4 Å². The Kier molecular flexibility index (Phi) is 6.89. The van der Waals surface area contributed by atoms with Crippen molar-refractivity contribution in [1.82, 2.24) is 0 Å². The fourth-order valence-corrected chi connectivity index (χ4v) is 2.87. The lowest BCUT2D eigenvalue weighted by molar-refractivity contribution is 0.00578. The van der Waals surface area contributed by atoms with E-state index in [2.05, 4.69) is 22.5 Å². The van der Waals surface area contributed by atoms with Gasteiger partial charge in [-0.15, -0.1) is 0 Å². The van der Waals surface area contributed by atoms with E-state index in [1.165, 1.54) is 12.1 Å². The van der Waals surface area contributed by atoms with Crippen molar-refractivity contribution in [2.75, 3.05) is 5.33 Å². The number of alkyl halides is 1. The maximum absolute atomic E-state index is 13.1. The van der Waals surface area contributed by atoms with Crippen LogP contribution in [-0.4, -0.2) is 23.7 Å². The number of allylic oxidation sites excluding steroid dienone is 4. The zero-order chi connectivity index (χ0) is 19.4. The minimum absolute atomic E-state index is 0.302. The second-order valence-corrected chi connectivity index (χ2v) is 7.75. The van der Waals surface area contributed by atoms with Gasteiger partial charge >= 0.3 is 7.12 Å². The molecule has 1 aliphatic rings. The van der Waals surface area contributed by atoms with Gasteiger partial charge in [0.2, 0.25) is 0 Å². The van der Waals surface area contributed by atoms with Crippen LogP contribution >= 0.6 is 15.9 Å². The molecule has 140 valence electrons. The highest BCUT2D eigenvalue weighted by atomic mass is 79.9. The molecule has 1 saturated heterocycles. The first-order valence-electron chi connectivity index (χ1n) is 8.54. The van der Waals surface area contributed by atoms with Crippen molar-refractivity contribution in [2.24, 2.45) is 0 Å². The summed E-state index contributed by atoms with van der Waals surface area (Å²) in [5, 5.41) is 0.651. The van der Waals surface area contributed by atoms with Crippen molar-refractivity contribution in [2.45, 2.75) is 45.2 Å². The van der Waals surface area contributed by atoms with Crippen LogP contribution in [0.25, 0.3) is 0 Å². The second kappa shape index (κ2) is 8.55. The molecule has 1 aromatic rings. The van der Waals surface area contributed by atoms with E-state index in [4.69, 9.17) is 14.0 Å². The Morgan fingerprint density at radius 1 is 1.19 bits per heavy atom. The standard InChI is InChI=1S/C20H25BBrFO3/c1-6-7-18(24-17-10-8-16(23)9-11-17)12-15(14-22)13-21-25-19(2,3)20(4,5)26-21/h6-12H,1,13-14H2,2-5H3/b15-12+,18-7+. The molecular formula is C20H25BBrFO3. The summed E-state index contributed by atoms with van der Waals surface area (Å²) in [5.74, 6) is 0.863. The second-order valence-electron chi connectivity index (χ2n) is 7.19. The number of ether oxygens (including phenoxy) is 1. The van der Waals surface area contributed by atoms with Crippen molar-refractivity contribution >= 4 is 23.0 Å². The lowest BCUT2D eigenvalue weighted by Gasteiger charge is -2.32. The molecule has 1 aromatic carbocycles. The lowest BCUT2D eigenvalue weighted by atomic mass is 9.81. The van der Waals surface area contributed by atoms with Crippen LogP contribution in [0.15, 0.2) is 60.4 Å². The largest absolute Gasteiger partial charge is 0.462 e. The predicted octanol–water partition coefficient (Wildman–Crippen LogP) is 5.69. The normalized spacial score (nSPS) is 19.5. The van der Waals surface area contributed by atoms with Crippen LogP contribution in [-0.2, 0) is 9.31 Å². The molecule has 0 radical (unpaired) electrons. The van der Waals surface area contributed by atoms with Crippen molar-refractivity contribution in [3.63, 3.8) is 0 Å². The van der Waals surface area contributed by atoms with E-state index in [9.17, 15) is 4.39 Å². The van der Waals surface area contributed by atoms with E-state index < -0.39 is 0 Å². The summed E-state index contributed by atoms with van der Waals surface area (Å²) in [6.45, 7) is 11.9. The van der Waals surface area contributed by atoms with E-state index in [1.807, 2.05) is 33.8 Å². The topological polar surface area (TPSA) is 27.7 Å². The summed E-state index contributed by atoms with van der Waals surface area (Å²) in [4.78, 5) is 0. The first-order chi connectivity index (χ1) is 12.2. The van der Waals surface area contributed by atoms with Gasteiger partial charge in [0.05, 0.1) is 11.2 Å². The van der Waals surface area contributed by atoms with Gasteiger partial charge in [-0.05, 0) is 64.1 Å². The van der Waals surface area contributed by atoms with Crippen LogP contribution in [0.1, 0.15) is 27.7 Å². The minimum Gasteiger partial charge on any atom is -0.457 e. The van der Waals surface area contributed by atoms with Crippen LogP contribution in [0.5, 0.6) is 5.75 Å². The Hall–Kier alpha value is -1.37. The van der Waals surface area contributed by atoms with Crippen molar-refractivity contribution in [3.05, 3.63) is 66.2 Å². The SMILES string of the molecule is C=C/C=C(\C=C(\CBr)CB1OC(C)(C)C(C)(C)O1)Oc1ccc(F)cc1. The third-order valence-corrected chi connectivity index (χ3v) is 5.30. The van der Waals surface area contributed by atoms with Gasteiger partial charge in [-0.2, -0.15) is 0 Å². The summed E-state index contributed by atoms with van der Waals surface area (Å²) >= 11 is 3.52. The number of halogens is 2. The molecule has 1 heterocycles. The first-order valence-corrected chi connectivity index (χ1v) is 9.66. The van der Waals surface area contributed by atoms with Gasteiger partial charge in [0.25, 0.3) is 0 Å². The molecule has 0 N–H and O–H groups in total. The monoisotopic (exact) mass is 422 g/mol. The summed E-state index contributed by atoms with van der Waals surface area (Å²) in [7, 11) is -0.320. The zero-order valence-corrected chi connectivity index (χ0v) is 17.3. The maximum Gasteiger partial charge on any atom is 0.462 e.